The molecule has 0 atom stereocenters. The SMILES string of the molecule is CC(C)(C)c1ccc(Oc2cc3c4c(c2)Sc2cc5c(cc2B4c2ccccc2S3)B2c3ccccc3Sc3cc(Oc4ccc(C(C)(C)C)cc4)cc(c32)S5)cc1. The molecule has 4 aliphatic rings. The molecule has 0 aliphatic carbocycles. The van der Waals surface area contributed by atoms with Crippen LogP contribution in [0.2, 0.25) is 0 Å². The van der Waals surface area contributed by atoms with E-state index in [1.54, 1.807) is 0 Å². The molecule has 11 rings (SSSR count). The lowest BCUT2D eigenvalue weighted by Gasteiger charge is -2.37. The molecule has 0 saturated heterocycles. The molecule has 0 aromatic heterocycles. The number of benzene rings is 7. The summed E-state index contributed by atoms with van der Waals surface area (Å²) < 4.78 is 13.3. The van der Waals surface area contributed by atoms with E-state index in [1.807, 2.05) is 47.0 Å². The Balaban J connectivity index is 1.01. The van der Waals surface area contributed by atoms with Crippen molar-refractivity contribution in [3.05, 3.63) is 145 Å². The summed E-state index contributed by atoms with van der Waals surface area (Å²) in [5.74, 6) is 3.48. The Labute approximate surface area is 359 Å². The van der Waals surface area contributed by atoms with Crippen molar-refractivity contribution in [3.8, 4) is 23.0 Å². The average molecular weight is 823 g/mol. The maximum Gasteiger partial charge on any atom is 0.247 e. The van der Waals surface area contributed by atoms with E-state index < -0.39 is 0 Å². The third-order valence-corrected chi connectivity index (χ3v) is 16.3. The van der Waals surface area contributed by atoms with Crippen molar-refractivity contribution in [2.75, 3.05) is 0 Å². The maximum atomic E-state index is 6.63. The van der Waals surface area contributed by atoms with Crippen LogP contribution in [0.15, 0.2) is 173 Å². The van der Waals surface area contributed by atoms with E-state index in [2.05, 4.69) is 175 Å². The highest BCUT2D eigenvalue weighted by molar-refractivity contribution is 8.02. The highest BCUT2D eigenvalue weighted by Gasteiger charge is 2.43. The lowest BCUT2D eigenvalue weighted by Crippen LogP contribution is -2.62. The zero-order valence-electron chi connectivity index (χ0n) is 33.3. The highest BCUT2D eigenvalue weighted by atomic mass is 32.2. The fourth-order valence-corrected chi connectivity index (χ4v) is 13.8. The Morgan fingerprint density at radius 2 is 0.707 bits per heavy atom. The smallest absolute Gasteiger partial charge is 0.247 e. The number of rotatable bonds is 4. The quantitative estimate of drug-likeness (QED) is 0.164. The van der Waals surface area contributed by atoms with Gasteiger partial charge in [0, 0.05) is 39.2 Å². The molecular weight excluding hydrogens is 782 g/mol. The Morgan fingerprint density at radius 1 is 0.345 bits per heavy atom. The second-order valence-corrected chi connectivity index (χ2v) is 22.0. The van der Waals surface area contributed by atoms with Crippen molar-refractivity contribution in [1.82, 2.24) is 0 Å². The second-order valence-electron chi connectivity index (χ2n) is 17.7. The van der Waals surface area contributed by atoms with Crippen LogP contribution >= 0.6 is 47.0 Å². The predicted octanol–water partition coefficient (Wildman–Crippen LogP) is 10.8. The summed E-state index contributed by atoms with van der Waals surface area (Å²) in [6, 6.07) is 49.3. The summed E-state index contributed by atoms with van der Waals surface area (Å²) >= 11 is 7.53. The molecule has 7 aromatic carbocycles. The van der Waals surface area contributed by atoms with Crippen LogP contribution in [0, 0.1) is 0 Å². The molecule has 58 heavy (non-hydrogen) atoms. The normalized spacial score (nSPS) is 14.4. The molecule has 0 bridgehead atoms. The van der Waals surface area contributed by atoms with Crippen molar-refractivity contribution in [1.29, 1.82) is 0 Å². The number of hydrogen-bond donors (Lipinski definition) is 0. The predicted molar refractivity (Wildman–Crippen MR) is 248 cm³/mol. The van der Waals surface area contributed by atoms with Gasteiger partial charge in [-0.3, -0.25) is 0 Å². The van der Waals surface area contributed by atoms with Gasteiger partial charge in [-0.1, -0.05) is 177 Å². The van der Waals surface area contributed by atoms with E-state index in [0.29, 0.717) is 0 Å². The first-order valence-corrected chi connectivity index (χ1v) is 23.2. The lowest BCUT2D eigenvalue weighted by atomic mass is 9.33. The van der Waals surface area contributed by atoms with Gasteiger partial charge < -0.3 is 9.47 Å². The van der Waals surface area contributed by atoms with Gasteiger partial charge in [0.25, 0.3) is 0 Å². The molecule has 0 fully saturated rings. The number of fused-ring (bicyclic) bond motifs is 8. The van der Waals surface area contributed by atoms with Crippen LogP contribution < -0.4 is 42.3 Å². The van der Waals surface area contributed by atoms with Gasteiger partial charge in [0.05, 0.1) is 0 Å². The van der Waals surface area contributed by atoms with Gasteiger partial charge in [0.2, 0.25) is 13.4 Å². The Bertz CT molecular complexity index is 2630. The van der Waals surface area contributed by atoms with Gasteiger partial charge in [-0.15, -0.1) is 0 Å². The fourth-order valence-electron chi connectivity index (χ4n) is 8.78. The van der Waals surface area contributed by atoms with Crippen LogP contribution in [0.5, 0.6) is 23.0 Å². The van der Waals surface area contributed by atoms with Crippen LogP contribution in [0.25, 0.3) is 0 Å². The fraction of sp³-hybridized carbons (Fsp3) is 0.160. The molecule has 282 valence electrons. The highest BCUT2D eigenvalue weighted by Crippen LogP contribution is 2.45. The molecule has 0 N–H and O–H groups in total. The summed E-state index contributed by atoms with van der Waals surface area (Å²) in [5, 5.41) is 0. The van der Waals surface area contributed by atoms with E-state index in [1.165, 1.54) is 83.1 Å². The Hall–Kier alpha value is -4.33. The topological polar surface area (TPSA) is 18.5 Å². The molecule has 0 saturated carbocycles. The molecule has 4 heterocycles. The third-order valence-electron chi connectivity index (χ3n) is 11.7. The molecular formula is C50H40B2O2S4. The van der Waals surface area contributed by atoms with Crippen molar-refractivity contribution in [2.45, 2.75) is 91.5 Å². The van der Waals surface area contributed by atoms with E-state index in [-0.39, 0.29) is 24.3 Å². The molecule has 0 unspecified atom stereocenters. The number of hydrogen-bond acceptors (Lipinski definition) is 6. The van der Waals surface area contributed by atoms with Gasteiger partial charge in [-0.25, -0.2) is 0 Å². The zero-order chi connectivity index (χ0) is 39.5. The minimum atomic E-state index is 0.0910. The van der Waals surface area contributed by atoms with Gasteiger partial charge in [0.15, 0.2) is 0 Å². The molecule has 0 amide bonds. The van der Waals surface area contributed by atoms with Crippen LogP contribution in [-0.4, -0.2) is 13.4 Å². The van der Waals surface area contributed by atoms with E-state index >= 15 is 0 Å². The Morgan fingerprint density at radius 3 is 1.09 bits per heavy atom. The van der Waals surface area contributed by atoms with E-state index in [4.69, 9.17) is 9.47 Å². The first kappa shape index (κ1) is 36.7. The molecule has 2 nitrogen and oxygen atoms in total. The van der Waals surface area contributed by atoms with Gasteiger partial charge in [-0.2, -0.15) is 0 Å². The van der Waals surface area contributed by atoms with Crippen molar-refractivity contribution in [3.63, 3.8) is 0 Å². The third kappa shape index (κ3) is 6.25. The minimum absolute atomic E-state index is 0.0910. The first-order chi connectivity index (χ1) is 27.9. The summed E-state index contributed by atoms with van der Waals surface area (Å²) in [6.45, 7) is 13.8. The molecule has 0 radical (unpaired) electrons. The van der Waals surface area contributed by atoms with Gasteiger partial charge in [-0.05, 0) is 99.6 Å². The molecule has 4 aliphatic heterocycles. The Kier molecular flexibility index (Phi) is 8.61. The van der Waals surface area contributed by atoms with Crippen molar-refractivity contribution >= 4 is 93.2 Å². The van der Waals surface area contributed by atoms with E-state index in [9.17, 15) is 0 Å². The van der Waals surface area contributed by atoms with Crippen LogP contribution in [0.1, 0.15) is 52.7 Å². The maximum absolute atomic E-state index is 6.63. The van der Waals surface area contributed by atoms with Gasteiger partial charge >= 0.3 is 0 Å². The minimum Gasteiger partial charge on any atom is -0.457 e. The van der Waals surface area contributed by atoms with Crippen LogP contribution in [0.3, 0.4) is 0 Å². The average Bonchev–Trinajstić information content (AvgIpc) is 3.19. The molecule has 7 aromatic rings. The summed E-state index contributed by atoms with van der Waals surface area (Å²) in [7, 11) is 0. The standard InChI is InChI=1S/C50H40B2O2S4/c1-49(2,3)29-15-19-31(20-16-29)53-33-23-43-47-45(25-33)57-41-28-42-38(27-37(41)51(47)35-11-7-9-13-39(35)55-43)52-36-12-8-10-14-40(36)56-44-24-34(26-46(58-42)48(44)52)54-32-21-17-30(18-22-32)50(4,5)6/h7-28H,1-6H3. The monoisotopic (exact) mass is 822 g/mol. The van der Waals surface area contributed by atoms with Gasteiger partial charge in [0.1, 0.15) is 23.0 Å². The molecule has 8 heteroatoms. The molecule has 0 spiro atoms. The van der Waals surface area contributed by atoms with Crippen LogP contribution in [-0.2, 0) is 10.8 Å². The summed E-state index contributed by atoms with van der Waals surface area (Å²) in [6.07, 6.45) is 0. The first-order valence-electron chi connectivity index (χ1n) is 19.9. The largest absolute Gasteiger partial charge is 0.457 e. The summed E-state index contributed by atoms with van der Waals surface area (Å²) in [5.41, 5.74) is 11.2. The number of ether oxygens (including phenoxy) is 2. The van der Waals surface area contributed by atoms with Crippen molar-refractivity contribution in [2.24, 2.45) is 0 Å². The lowest BCUT2D eigenvalue weighted by molar-refractivity contribution is 0.478. The zero-order valence-corrected chi connectivity index (χ0v) is 36.6. The van der Waals surface area contributed by atoms with E-state index in [0.717, 1.165) is 23.0 Å². The van der Waals surface area contributed by atoms with Crippen molar-refractivity contribution < 1.29 is 9.47 Å². The summed E-state index contributed by atoms with van der Waals surface area (Å²) in [4.78, 5) is 10.4. The van der Waals surface area contributed by atoms with Crippen LogP contribution in [0.4, 0.5) is 0 Å². The second kappa shape index (κ2) is 13.6.